The second-order valence-electron chi connectivity index (χ2n) is 8.41. The number of aromatic nitrogens is 2. The minimum Gasteiger partial charge on any atom is -0.388 e. The average molecular weight is 471 g/mol. The normalized spacial score (nSPS) is 20.3. The molecule has 0 radical (unpaired) electrons. The zero-order valence-corrected chi connectivity index (χ0v) is 20.7. The minimum absolute atomic E-state index is 0.352. The van der Waals surface area contributed by atoms with Gasteiger partial charge in [-0.3, -0.25) is 4.90 Å². The Morgan fingerprint density at radius 2 is 1.94 bits per heavy atom. The van der Waals surface area contributed by atoms with E-state index in [1.807, 2.05) is 7.05 Å². The zero-order valence-electron chi connectivity index (χ0n) is 19.9. The molecule has 33 heavy (non-hydrogen) atoms. The molecule has 0 aliphatic carbocycles. The fourth-order valence-corrected chi connectivity index (χ4v) is 4.68. The maximum absolute atomic E-state index is 5.24. The van der Waals surface area contributed by atoms with E-state index in [0.717, 1.165) is 79.4 Å². The minimum atomic E-state index is 0.352. The van der Waals surface area contributed by atoms with Crippen LogP contribution in [0.3, 0.4) is 0 Å². The number of nitrogens with one attached hydrogen (secondary N) is 3. The first-order valence-electron chi connectivity index (χ1n) is 11.5. The quantitative estimate of drug-likeness (QED) is 0.504. The van der Waals surface area contributed by atoms with Gasteiger partial charge < -0.3 is 20.4 Å². The van der Waals surface area contributed by atoms with Crippen molar-refractivity contribution in [1.82, 2.24) is 25.7 Å². The summed E-state index contributed by atoms with van der Waals surface area (Å²) in [5.74, 6) is 2.62. The fourth-order valence-electron chi connectivity index (χ4n) is 3.94. The molecule has 0 bridgehead atoms. The van der Waals surface area contributed by atoms with Crippen molar-refractivity contribution in [3.63, 3.8) is 0 Å². The number of aliphatic imine (C=N–C) groups is 1. The van der Waals surface area contributed by atoms with E-state index in [9.17, 15) is 0 Å². The number of hydrazine groups is 1. The molecule has 1 aromatic heterocycles. The lowest BCUT2D eigenvalue weighted by Crippen LogP contribution is -2.47. The van der Waals surface area contributed by atoms with Gasteiger partial charge in [-0.1, -0.05) is 0 Å². The number of nitrogens with zero attached hydrogens (tertiary/aromatic N) is 5. The van der Waals surface area contributed by atoms with Crippen LogP contribution in [0.1, 0.15) is 18.9 Å². The molecular formula is C23H34N8OS. The van der Waals surface area contributed by atoms with Crippen LogP contribution in [0.2, 0.25) is 0 Å². The molecule has 0 spiro atoms. The van der Waals surface area contributed by atoms with E-state index in [0.29, 0.717) is 11.2 Å². The highest BCUT2D eigenvalue weighted by Crippen LogP contribution is 2.33. The summed E-state index contributed by atoms with van der Waals surface area (Å²) >= 11 is 1.57. The van der Waals surface area contributed by atoms with Gasteiger partial charge in [0, 0.05) is 75.5 Å². The number of ether oxygens (including phenoxy) is 1. The van der Waals surface area contributed by atoms with E-state index in [-0.39, 0.29) is 0 Å². The predicted molar refractivity (Wildman–Crippen MR) is 135 cm³/mol. The lowest BCUT2D eigenvalue weighted by Gasteiger charge is -2.36. The van der Waals surface area contributed by atoms with Crippen molar-refractivity contribution in [2.45, 2.75) is 36.4 Å². The maximum atomic E-state index is 5.24. The van der Waals surface area contributed by atoms with Crippen LogP contribution in [0, 0.1) is 6.92 Å². The highest BCUT2D eigenvalue weighted by atomic mass is 32.2. The predicted octanol–water partition coefficient (Wildman–Crippen LogP) is 2.66. The van der Waals surface area contributed by atoms with Gasteiger partial charge in [-0.05, 0) is 49.9 Å². The Balaban J connectivity index is 1.60. The van der Waals surface area contributed by atoms with Gasteiger partial charge in [0.2, 0.25) is 0 Å². The Hall–Kier alpha value is -2.40. The smallest absolute Gasteiger partial charge is 0.196 e. The number of benzene rings is 1. The molecule has 2 aliphatic rings. The van der Waals surface area contributed by atoms with Gasteiger partial charge in [0.25, 0.3) is 0 Å². The van der Waals surface area contributed by atoms with E-state index in [2.05, 4.69) is 64.1 Å². The van der Waals surface area contributed by atoms with Gasteiger partial charge in [-0.2, -0.15) is 0 Å². The first-order chi connectivity index (χ1) is 16.1. The summed E-state index contributed by atoms with van der Waals surface area (Å²) in [6, 6.07) is 8.65. The molecule has 4 rings (SSSR count). The highest BCUT2D eigenvalue weighted by molar-refractivity contribution is 7.99. The maximum Gasteiger partial charge on any atom is 0.196 e. The molecule has 178 valence electrons. The van der Waals surface area contributed by atoms with Crippen molar-refractivity contribution in [2.24, 2.45) is 4.99 Å². The van der Waals surface area contributed by atoms with Crippen molar-refractivity contribution in [3.05, 3.63) is 29.8 Å². The Morgan fingerprint density at radius 1 is 1.18 bits per heavy atom. The molecule has 1 unspecified atom stereocenters. The summed E-state index contributed by atoms with van der Waals surface area (Å²) in [4.78, 5) is 20.6. The highest BCUT2D eigenvalue weighted by Gasteiger charge is 2.23. The zero-order chi connectivity index (χ0) is 23.2. The van der Waals surface area contributed by atoms with E-state index >= 15 is 0 Å². The molecule has 0 amide bonds. The van der Waals surface area contributed by atoms with Crippen molar-refractivity contribution in [2.75, 3.05) is 63.7 Å². The summed E-state index contributed by atoms with van der Waals surface area (Å²) in [5, 5.41) is 3.87. The van der Waals surface area contributed by atoms with Crippen molar-refractivity contribution < 1.29 is 4.74 Å². The topological polar surface area (TPSA) is 89.9 Å². The number of methoxy groups -OCH3 is 1. The lowest BCUT2D eigenvalue weighted by molar-refractivity contribution is 0.144. The number of hydrogen-bond donors (Lipinski definition) is 3. The Morgan fingerprint density at radius 3 is 2.58 bits per heavy atom. The summed E-state index contributed by atoms with van der Waals surface area (Å²) in [7, 11) is 3.68. The summed E-state index contributed by atoms with van der Waals surface area (Å²) in [6.45, 7) is 9.78. The lowest BCUT2D eigenvalue weighted by atomic mass is 10.2. The Kier molecular flexibility index (Phi) is 8.02. The first kappa shape index (κ1) is 23.7. The van der Waals surface area contributed by atoms with E-state index < -0.39 is 0 Å². The monoisotopic (exact) mass is 470 g/mol. The molecule has 9 nitrogen and oxygen atoms in total. The Labute approximate surface area is 200 Å². The van der Waals surface area contributed by atoms with Crippen LogP contribution in [-0.2, 0) is 4.74 Å². The molecule has 2 aromatic rings. The van der Waals surface area contributed by atoms with Gasteiger partial charge in [-0.25, -0.2) is 20.4 Å². The van der Waals surface area contributed by atoms with E-state index in [4.69, 9.17) is 19.7 Å². The standard InChI is InChI=1S/C23H34N8OS/c1-16-15-20(29-28-16)25-21-17(2)22(31-11-9-30(10-12-31)13-14-32-4)27-23(26-21)33-19-7-5-18(24-3)6-8-19/h5-8,16,24,28H,9-15H2,1-4H3,(H,25,26,27,29). The molecule has 2 fully saturated rings. The van der Waals surface area contributed by atoms with E-state index in [1.54, 1.807) is 18.9 Å². The third-order valence-electron chi connectivity index (χ3n) is 5.91. The van der Waals surface area contributed by atoms with Crippen LogP contribution in [0.15, 0.2) is 39.3 Å². The third-order valence-corrected chi connectivity index (χ3v) is 6.79. The van der Waals surface area contributed by atoms with Gasteiger partial charge in [0.1, 0.15) is 11.7 Å². The van der Waals surface area contributed by atoms with Crippen LogP contribution in [0.25, 0.3) is 0 Å². The second kappa shape index (κ2) is 11.1. The average Bonchev–Trinajstić information content (AvgIpc) is 3.25. The summed E-state index contributed by atoms with van der Waals surface area (Å²) < 4.78 is 5.24. The van der Waals surface area contributed by atoms with Gasteiger partial charge in [0.05, 0.1) is 6.61 Å². The van der Waals surface area contributed by atoms with Crippen LogP contribution < -0.4 is 21.1 Å². The molecule has 10 heteroatoms. The van der Waals surface area contributed by atoms with Crippen LogP contribution in [0.4, 0.5) is 17.3 Å². The molecular weight excluding hydrogens is 436 g/mol. The van der Waals surface area contributed by atoms with Crippen molar-refractivity contribution in [1.29, 1.82) is 0 Å². The molecule has 3 heterocycles. The second-order valence-corrected chi connectivity index (χ2v) is 9.45. The third kappa shape index (κ3) is 6.14. The molecule has 0 saturated carbocycles. The number of rotatable bonds is 8. The van der Waals surface area contributed by atoms with Gasteiger partial charge in [-0.15, -0.1) is 0 Å². The van der Waals surface area contributed by atoms with Gasteiger partial charge >= 0.3 is 0 Å². The summed E-state index contributed by atoms with van der Waals surface area (Å²) in [5.41, 5.74) is 8.49. The van der Waals surface area contributed by atoms with Gasteiger partial charge in [0.15, 0.2) is 11.0 Å². The number of amidine groups is 1. The largest absolute Gasteiger partial charge is 0.388 e. The molecule has 3 N–H and O–H groups in total. The molecule has 2 saturated heterocycles. The molecule has 1 atom stereocenters. The van der Waals surface area contributed by atoms with Crippen molar-refractivity contribution in [3.8, 4) is 0 Å². The van der Waals surface area contributed by atoms with Crippen LogP contribution >= 0.6 is 11.8 Å². The molecule has 2 aliphatic heterocycles. The summed E-state index contributed by atoms with van der Waals surface area (Å²) in [6.07, 6.45) is 0.852. The van der Waals surface area contributed by atoms with Crippen LogP contribution in [0.5, 0.6) is 0 Å². The number of hydrogen-bond acceptors (Lipinski definition) is 9. The SMILES string of the molecule is CNc1ccc(Sc2nc(/N=C3\CC(C)NN3)c(C)c(N3CCN(CCOC)CC3)n2)cc1. The number of anilines is 2. The fraction of sp³-hybridized carbons (Fsp3) is 0.522. The van der Waals surface area contributed by atoms with Crippen LogP contribution in [-0.4, -0.2) is 80.2 Å². The van der Waals surface area contributed by atoms with E-state index in [1.165, 1.54) is 0 Å². The number of piperazine rings is 1. The molecule has 1 aromatic carbocycles. The van der Waals surface area contributed by atoms with Crippen molar-refractivity contribution >= 4 is 34.9 Å². The Bertz CT molecular complexity index is 960. The first-order valence-corrected chi connectivity index (χ1v) is 12.3.